The van der Waals surface area contributed by atoms with Gasteiger partial charge in [0.2, 0.25) is 0 Å². The molecule has 0 fully saturated rings. The fraction of sp³-hybridized carbons (Fsp3) is 0. The van der Waals surface area contributed by atoms with Gasteiger partial charge in [0.25, 0.3) is 0 Å². The Bertz CT molecular complexity index is 777. The predicted molar refractivity (Wildman–Crippen MR) is 69.7 cm³/mol. The zero-order chi connectivity index (χ0) is 13.4. The fourth-order valence-corrected chi connectivity index (χ4v) is 2.00. The van der Waals surface area contributed by atoms with Crippen molar-refractivity contribution in [2.24, 2.45) is 0 Å². The van der Waals surface area contributed by atoms with E-state index in [9.17, 15) is 9.90 Å². The number of fused-ring (bicyclic) bond motifs is 1. The molecule has 1 heterocycles. The van der Waals surface area contributed by atoms with Crippen molar-refractivity contribution in [2.75, 3.05) is 0 Å². The van der Waals surface area contributed by atoms with Crippen LogP contribution in [0, 0.1) is 0 Å². The van der Waals surface area contributed by atoms with E-state index in [1.54, 1.807) is 47.3 Å². The highest BCUT2D eigenvalue weighted by Gasteiger charge is 2.08. The molecule has 0 aliphatic carbocycles. The number of carbonyl (C=O) groups is 1. The van der Waals surface area contributed by atoms with Crippen molar-refractivity contribution in [3.8, 4) is 11.4 Å². The lowest BCUT2D eigenvalue weighted by Gasteiger charge is -2.04. The highest BCUT2D eigenvalue weighted by Crippen LogP contribution is 2.22. The van der Waals surface area contributed by atoms with Gasteiger partial charge in [-0.15, -0.1) is 0 Å². The summed E-state index contributed by atoms with van der Waals surface area (Å²) in [5, 5.41) is 23.4. The number of hydrogen-bond acceptors (Lipinski definition) is 3. The number of phenolic OH excluding ortho intramolecular Hbond substituents is 1. The van der Waals surface area contributed by atoms with Crippen molar-refractivity contribution in [1.29, 1.82) is 0 Å². The molecule has 0 radical (unpaired) electrons. The summed E-state index contributed by atoms with van der Waals surface area (Å²) in [6, 6.07) is 11.5. The van der Waals surface area contributed by atoms with Crippen molar-refractivity contribution in [2.45, 2.75) is 0 Å². The summed E-state index contributed by atoms with van der Waals surface area (Å²) in [6.07, 6.45) is 1.63. The monoisotopic (exact) mass is 254 g/mol. The Morgan fingerprint density at radius 2 is 2.00 bits per heavy atom. The van der Waals surface area contributed by atoms with Gasteiger partial charge in [0.1, 0.15) is 5.75 Å². The van der Waals surface area contributed by atoms with Gasteiger partial charge < -0.3 is 10.2 Å². The summed E-state index contributed by atoms with van der Waals surface area (Å²) in [6.45, 7) is 0. The van der Waals surface area contributed by atoms with Crippen molar-refractivity contribution >= 4 is 16.9 Å². The molecule has 5 nitrogen and oxygen atoms in total. The summed E-state index contributed by atoms with van der Waals surface area (Å²) < 4.78 is 1.64. The Balaban J connectivity index is 2.19. The molecule has 3 rings (SSSR count). The third kappa shape index (κ3) is 1.91. The molecule has 19 heavy (non-hydrogen) atoms. The number of hydrogen-bond donors (Lipinski definition) is 2. The van der Waals surface area contributed by atoms with Crippen LogP contribution in [0.3, 0.4) is 0 Å². The number of aromatic carboxylic acids is 1. The van der Waals surface area contributed by atoms with Gasteiger partial charge in [-0.25, -0.2) is 9.48 Å². The normalized spacial score (nSPS) is 10.7. The van der Waals surface area contributed by atoms with E-state index in [0.717, 1.165) is 10.9 Å². The Kier molecular flexibility index (Phi) is 2.45. The van der Waals surface area contributed by atoms with Crippen LogP contribution in [0.2, 0.25) is 0 Å². The molecule has 5 heteroatoms. The first kappa shape index (κ1) is 11.3. The molecular weight excluding hydrogens is 244 g/mol. The standard InChI is InChI=1S/C14H10N2O3/c17-12-4-5-13-10(7-12)8-15-16(13)11-3-1-2-9(6-11)14(18)19/h1-8,17H,(H,18,19). The summed E-state index contributed by atoms with van der Waals surface area (Å²) in [5.41, 5.74) is 1.68. The van der Waals surface area contributed by atoms with Gasteiger partial charge in [-0.2, -0.15) is 5.10 Å². The molecule has 1 aromatic heterocycles. The van der Waals surface area contributed by atoms with Crippen LogP contribution in [-0.4, -0.2) is 26.0 Å². The van der Waals surface area contributed by atoms with Crippen LogP contribution >= 0.6 is 0 Å². The van der Waals surface area contributed by atoms with Crippen LogP contribution in [0.5, 0.6) is 5.75 Å². The quantitative estimate of drug-likeness (QED) is 0.736. The molecule has 0 saturated carbocycles. The van der Waals surface area contributed by atoms with Gasteiger partial charge in [0.15, 0.2) is 0 Å². The SMILES string of the molecule is O=C(O)c1cccc(-n2ncc3cc(O)ccc32)c1. The molecule has 3 aromatic rings. The Hall–Kier alpha value is -2.82. The van der Waals surface area contributed by atoms with Crippen LogP contribution < -0.4 is 0 Å². The molecule has 0 saturated heterocycles. The molecule has 0 aliphatic heterocycles. The van der Waals surface area contributed by atoms with Crippen molar-refractivity contribution in [1.82, 2.24) is 9.78 Å². The van der Waals surface area contributed by atoms with Gasteiger partial charge >= 0.3 is 5.97 Å². The number of phenols is 1. The zero-order valence-corrected chi connectivity index (χ0v) is 9.82. The highest BCUT2D eigenvalue weighted by atomic mass is 16.4. The van der Waals surface area contributed by atoms with E-state index >= 15 is 0 Å². The number of carboxylic acid groups (broad SMARTS) is 1. The molecule has 0 bridgehead atoms. The molecule has 94 valence electrons. The van der Waals surface area contributed by atoms with Crippen molar-refractivity contribution < 1.29 is 15.0 Å². The molecule has 0 spiro atoms. The van der Waals surface area contributed by atoms with Crippen molar-refractivity contribution in [3.05, 3.63) is 54.2 Å². The first-order valence-corrected chi connectivity index (χ1v) is 5.65. The average molecular weight is 254 g/mol. The van der Waals surface area contributed by atoms with E-state index in [1.807, 2.05) is 0 Å². The van der Waals surface area contributed by atoms with Gasteiger partial charge in [0, 0.05) is 5.39 Å². The van der Waals surface area contributed by atoms with E-state index in [0.29, 0.717) is 5.69 Å². The second-order valence-electron chi connectivity index (χ2n) is 4.15. The maximum atomic E-state index is 11.0. The minimum Gasteiger partial charge on any atom is -0.508 e. The van der Waals surface area contributed by atoms with Gasteiger partial charge in [-0.05, 0) is 36.4 Å². The number of nitrogens with zero attached hydrogens (tertiary/aromatic N) is 2. The summed E-state index contributed by atoms with van der Waals surface area (Å²) in [5.74, 6) is -0.803. The molecule has 0 aliphatic rings. The van der Waals surface area contributed by atoms with E-state index in [-0.39, 0.29) is 11.3 Å². The highest BCUT2D eigenvalue weighted by molar-refractivity contribution is 5.88. The molecule has 2 aromatic carbocycles. The third-order valence-corrected chi connectivity index (χ3v) is 2.89. The molecular formula is C14H10N2O3. The Morgan fingerprint density at radius 1 is 1.16 bits per heavy atom. The van der Waals surface area contributed by atoms with Crippen LogP contribution in [-0.2, 0) is 0 Å². The number of aromatic nitrogens is 2. The van der Waals surface area contributed by atoms with Crippen LogP contribution in [0.1, 0.15) is 10.4 Å². The summed E-state index contributed by atoms with van der Waals surface area (Å²) >= 11 is 0. The van der Waals surface area contributed by atoms with Gasteiger partial charge in [-0.3, -0.25) is 0 Å². The van der Waals surface area contributed by atoms with Crippen molar-refractivity contribution in [3.63, 3.8) is 0 Å². The van der Waals surface area contributed by atoms with Crippen LogP contribution in [0.25, 0.3) is 16.6 Å². The molecule has 0 amide bonds. The number of rotatable bonds is 2. The van der Waals surface area contributed by atoms with E-state index in [4.69, 9.17) is 5.11 Å². The second kappa shape index (κ2) is 4.13. The lowest BCUT2D eigenvalue weighted by Crippen LogP contribution is -2.00. The minimum atomic E-state index is -0.976. The maximum absolute atomic E-state index is 11.0. The summed E-state index contributed by atoms with van der Waals surface area (Å²) in [7, 11) is 0. The zero-order valence-electron chi connectivity index (χ0n) is 9.82. The van der Waals surface area contributed by atoms with Gasteiger partial charge in [0.05, 0.1) is 23.0 Å². The first-order valence-electron chi connectivity index (χ1n) is 5.65. The van der Waals surface area contributed by atoms with E-state index < -0.39 is 5.97 Å². The summed E-state index contributed by atoms with van der Waals surface area (Å²) in [4.78, 5) is 11.0. The Labute approximate surface area is 108 Å². The molecule has 0 unspecified atom stereocenters. The Morgan fingerprint density at radius 3 is 2.79 bits per heavy atom. The lowest BCUT2D eigenvalue weighted by atomic mass is 10.2. The lowest BCUT2D eigenvalue weighted by molar-refractivity contribution is 0.0697. The van der Waals surface area contributed by atoms with E-state index in [1.165, 1.54) is 6.07 Å². The maximum Gasteiger partial charge on any atom is 0.335 e. The second-order valence-corrected chi connectivity index (χ2v) is 4.15. The van der Waals surface area contributed by atoms with Crippen LogP contribution in [0.15, 0.2) is 48.7 Å². The topological polar surface area (TPSA) is 75.3 Å². The molecule has 2 N–H and O–H groups in total. The third-order valence-electron chi connectivity index (χ3n) is 2.89. The number of aromatic hydroxyl groups is 1. The van der Waals surface area contributed by atoms with Gasteiger partial charge in [-0.1, -0.05) is 6.07 Å². The first-order chi connectivity index (χ1) is 9.15. The predicted octanol–water partition coefficient (Wildman–Crippen LogP) is 2.43. The molecule has 0 atom stereocenters. The number of carboxylic acids is 1. The average Bonchev–Trinajstić information content (AvgIpc) is 2.81. The minimum absolute atomic E-state index is 0.173. The largest absolute Gasteiger partial charge is 0.508 e. The number of benzene rings is 2. The smallest absolute Gasteiger partial charge is 0.335 e. The van der Waals surface area contributed by atoms with E-state index in [2.05, 4.69) is 5.10 Å². The fourth-order valence-electron chi connectivity index (χ4n) is 2.00. The van der Waals surface area contributed by atoms with Crippen LogP contribution in [0.4, 0.5) is 0 Å².